The quantitative estimate of drug-likeness (QED) is 0.180. The van der Waals surface area contributed by atoms with Crippen LogP contribution in [0.1, 0.15) is 65.7 Å². The van der Waals surface area contributed by atoms with Crippen molar-refractivity contribution < 1.29 is 24.2 Å². The highest BCUT2D eigenvalue weighted by Crippen LogP contribution is 2.44. The van der Waals surface area contributed by atoms with Crippen LogP contribution in [0.15, 0.2) is 54.7 Å². The molecule has 3 N–H and O–H groups in total. The number of aliphatic hydroxyl groups excluding tert-OH is 1. The maximum absolute atomic E-state index is 14.0. The Morgan fingerprint density at radius 2 is 1.92 bits per heavy atom. The molecule has 0 aliphatic carbocycles. The second-order valence-corrected chi connectivity index (χ2v) is 13.8. The number of nitrogens with zero attached hydrogens (tertiary/aromatic N) is 4. The zero-order valence-corrected chi connectivity index (χ0v) is 28.8. The molecule has 2 amide bonds. The fourth-order valence-corrected chi connectivity index (χ4v) is 7.74. The fraction of sp³-hybridized carbons (Fsp3) is 0.324. The first-order valence-electron chi connectivity index (χ1n) is 15.5. The van der Waals surface area contributed by atoms with Gasteiger partial charge in [0.05, 0.1) is 29.9 Å². The lowest BCUT2D eigenvalue weighted by Crippen LogP contribution is -2.37. The highest BCUT2D eigenvalue weighted by molar-refractivity contribution is 7.14. The van der Waals surface area contributed by atoms with Gasteiger partial charge in [0.2, 0.25) is 5.91 Å². The van der Waals surface area contributed by atoms with Crippen LogP contribution in [-0.4, -0.2) is 62.7 Å². The smallest absolute Gasteiger partial charge is 0.411 e. The van der Waals surface area contributed by atoms with E-state index >= 15 is 0 Å². The van der Waals surface area contributed by atoms with Crippen LogP contribution >= 0.6 is 34.5 Å². The van der Waals surface area contributed by atoms with Crippen LogP contribution in [-0.2, 0) is 9.53 Å². The molecule has 4 heterocycles. The molecule has 1 unspecified atom stereocenters. The number of aliphatic hydroxyl groups is 1. The van der Waals surface area contributed by atoms with Crippen LogP contribution in [0, 0.1) is 5.92 Å². The summed E-state index contributed by atoms with van der Waals surface area (Å²) in [6.07, 6.45) is 4.35. The molecule has 6 rings (SSSR count). The molecule has 2 aromatic heterocycles. The Balaban J connectivity index is 1.39. The maximum Gasteiger partial charge on any atom is 0.411 e. The number of hydrogen-bond acceptors (Lipinski definition) is 9. The van der Waals surface area contributed by atoms with Gasteiger partial charge in [-0.05, 0) is 68.2 Å². The van der Waals surface area contributed by atoms with Gasteiger partial charge >= 0.3 is 6.09 Å². The molecule has 3 atom stereocenters. The highest BCUT2D eigenvalue weighted by atomic mass is 35.5. The van der Waals surface area contributed by atoms with Gasteiger partial charge in [-0.15, -0.1) is 16.4 Å². The van der Waals surface area contributed by atoms with E-state index in [9.17, 15) is 19.5 Å². The number of aromatic nitrogens is 3. The number of carbonyl (C=O) groups excluding carboxylic acids is 3. The molecule has 48 heavy (non-hydrogen) atoms. The van der Waals surface area contributed by atoms with Crippen LogP contribution in [0.3, 0.4) is 0 Å². The van der Waals surface area contributed by atoms with Gasteiger partial charge in [0.15, 0.2) is 10.9 Å². The zero-order chi connectivity index (χ0) is 34.1. The number of fused-ring (bicyclic) bond motifs is 4. The van der Waals surface area contributed by atoms with Crippen LogP contribution < -0.4 is 10.6 Å². The minimum Gasteiger partial charge on any atom is -0.453 e. The maximum atomic E-state index is 14.0. The van der Waals surface area contributed by atoms with E-state index in [4.69, 9.17) is 27.9 Å². The average Bonchev–Trinajstić information content (AvgIpc) is 3.70. The largest absolute Gasteiger partial charge is 0.453 e. The van der Waals surface area contributed by atoms with Crippen LogP contribution in [0.2, 0.25) is 10.2 Å². The van der Waals surface area contributed by atoms with E-state index in [1.807, 2.05) is 30.0 Å². The van der Waals surface area contributed by atoms with Gasteiger partial charge in [-0.1, -0.05) is 47.8 Å². The lowest BCUT2D eigenvalue weighted by atomic mass is 9.93. The van der Waals surface area contributed by atoms with E-state index in [0.717, 1.165) is 22.4 Å². The van der Waals surface area contributed by atoms with E-state index in [0.29, 0.717) is 63.9 Å². The molecule has 14 heteroatoms. The normalized spacial score (nSPS) is 19.7. The molecular weight excluding hydrogens is 675 g/mol. The number of halogens is 2. The third kappa shape index (κ3) is 6.98. The minimum absolute atomic E-state index is 0.111. The fourth-order valence-electron chi connectivity index (χ4n) is 6.23. The number of rotatable bonds is 5. The second kappa shape index (κ2) is 14.1. The van der Waals surface area contributed by atoms with Crippen LogP contribution in [0.25, 0.3) is 22.4 Å². The molecule has 0 radical (unpaired) electrons. The number of amides is 2. The number of benzene rings is 2. The predicted octanol–water partition coefficient (Wildman–Crippen LogP) is 7.59. The number of anilines is 2. The summed E-state index contributed by atoms with van der Waals surface area (Å²) in [4.78, 5) is 42.3. The third-order valence-electron chi connectivity index (χ3n) is 8.72. The van der Waals surface area contributed by atoms with E-state index in [1.165, 1.54) is 25.4 Å². The number of ketones is 1. The molecule has 2 aliphatic rings. The topological polar surface area (TPSA) is 139 Å². The van der Waals surface area contributed by atoms with Crippen molar-refractivity contribution in [2.75, 3.05) is 24.3 Å². The summed E-state index contributed by atoms with van der Waals surface area (Å²) in [5.41, 5.74) is 4.69. The van der Waals surface area contributed by atoms with Crippen molar-refractivity contribution in [3.05, 3.63) is 80.2 Å². The Bertz CT molecular complexity index is 1920. The minimum atomic E-state index is -0.900. The Hall–Kier alpha value is -4.23. The van der Waals surface area contributed by atoms with Crippen molar-refractivity contribution >= 4 is 69.3 Å². The van der Waals surface area contributed by atoms with Gasteiger partial charge < -0.3 is 20.1 Å². The Labute approximate surface area is 291 Å². The molecule has 0 saturated heterocycles. The van der Waals surface area contributed by atoms with Crippen LogP contribution in [0.5, 0.6) is 0 Å². The van der Waals surface area contributed by atoms with E-state index in [-0.39, 0.29) is 28.8 Å². The summed E-state index contributed by atoms with van der Waals surface area (Å²) in [7, 11) is 1.28. The molecular formula is C34H34Cl2N6O5S. The van der Waals surface area contributed by atoms with Gasteiger partial charge in [-0.25, -0.2) is 9.48 Å². The van der Waals surface area contributed by atoms with Crippen molar-refractivity contribution in [1.29, 1.82) is 0 Å². The van der Waals surface area contributed by atoms with Gasteiger partial charge in [0, 0.05) is 56.5 Å². The number of ether oxygens (including phenoxy) is 1. The van der Waals surface area contributed by atoms with Crippen molar-refractivity contribution in [2.45, 2.75) is 51.8 Å². The number of carbonyl (C=O) groups is 3. The zero-order valence-electron chi connectivity index (χ0n) is 26.5. The van der Waals surface area contributed by atoms with Gasteiger partial charge in [-0.2, -0.15) is 0 Å². The van der Waals surface area contributed by atoms with Gasteiger partial charge in [0.1, 0.15) is 6.23 Å². The number of hydrogen-bond donors (Lipinski definition) is 3. The number of nitrogens with one attached hydrogen (secondary N) is 2. The standard InChI is InChI=1S/C34H34Cl2N6O5S/c1-18-5-4-6-28(41-12-11-20(13-31(41)44)24-14-21(35)7-10-27(24)42-17-30(36)39-40-42)29-16-25(32(48-29)19(2)43)23-9-8-22(37-34(46)47-3)15-26(23)38-33(18)45/h7-10,13-18,28,33,38,45H,4-6,11-12H2,1-3H3,(H,37,46)/t18-,28+,33?/m1/s1. The summed E-state index contributed by atoms with van der Waals surface area (Å²) in [6, 6.07) is 12.3. The highest BCUT2D eigenvalue weighted by Gasteiger charge is 2.32. The molecule has 2 aliphatic heterocycles. The molecule has 4 aromatic rings. The Morgan fingerprint density at radius 3 is 2.62 bits per heavy atom. The van der Waals surface area contributed by atoms with Crippen molar-refractivity contribution in [3.63, 3.8) is 0 Å². The van der Waals surface area contributed by atoms with Crippen molar-refractivity contribution in [1.82, 2.24) is 19.9 Å². The lowest BCUT2D eigenvalue weighted by molar-refractivity contribution is -0.129. The Morgan fingerprint density at radius 1 is 1.10 bits per heavy atom. The SMILES string of the molecule is COC(=O)Nc1ccc2c(c1)NC(O)[C@H](C)CCC[C@H](N1CCC(c3cc(Cl)ccc3-n3cc(Cl)nn3)=CC1=O)c1cc-2c(C(C)=O)s1. The van der Waals surface area contributed by atoms with E-state index in [2.05, 4.69) is 20.9 Å². The van der Waals surface area contributed by atoms with Gasteiger partial charge in [0.25, 0.3) is 0 Å². The molecule has 11 nitrogen and oxygen atoms in total. The van der Waals surface area contributed by atoms with Crippen molar-refractivity contribution in [2.24, 2.45) is 5.92 Å². The van der Waals surface area contributed by atoms with Crippen molar-refractivity contribution in [3.8, 4) is 16.8 Å². The summed E-state index contributed by atoms with van der Waals surface area (Å²) < 4.78 is 6.31. The monoisotopic (exact) mass is 708 g/mol. The lowest BCUT2D eigenvalue weighted by Gasteiger charge is -2.34. The summed E-state index contributed by atoms with van der Waals surface area (Å²) in [5, 5.41) is 25.8. The number of methoxy groups -OCH3 is 1. The summed E-state index contributed by atoms with van der Waals surface area (Å²) in [5.74, 6) is -0.393. The Kier molecular flexibility index (Phi) is 9.88. The molecule has 250 valence electrons. The van der Waals surface area contributed by atoms with E-state index in [1.54, 1.807) is 41.2 Å². The molecule has 0 fully saturated rings. The summed E-state index contributed by atoms with van der Waals surface area (Å²) in [6.45, 7) is 3.93. The second-order valence-electron chi connectivity index (χ2n) is 11.9. The van der Waals surface area contributed by atoms with E-state index < -0.39 is 12.3 Å². The molecule has 2 bridgehead atoms. The predicted molar refractivity (Wildman–Crippen MR) is 187 cm³/mol. The average molecular weight is 710 g/mol. The molecule has 0 spiro atoms. The first-order valence-corrected chi connectivity index (χ1v) is 17.1. The molecule has 2 aromatic carbocycles. The first kappa shape index (κ1) is 33.7. The van der Waals surface area contributed by atoms with Gasteiger partial charge in [-0.3, -0.25) is 14.9 Å². The molecule has 0 saturated carbocycles. The third-order valence-corrected chi connectivity index (χ3v) is 10.5. The van der Waals surface area contributed by atoms with Crippen LogP contribution in [0.4, 0.5) is 16.2 Å². The summed E-state index contributed by atoms with van der Waals surface area (Å²) >= 11 is 13.8. The number of Topliss-reactive ketones (excluding diaryl/α,β-unsaturated/α-hetero) is 1. The first-order chi connectivity index (χ1) is 23.0. The number of thiophene rings is 1.